The maximum atomic E-state index is 9.21. The summed E-state index contributed by atoms with van der Waals surface area (Å²) in [6.45, 7) is 2.04. The van der Waals surface area contributed by atoms with E-state index in [-0.39, 0.29) is 0 Å². The molecule has 2 heterocycles. The Labute approximate surface area is 144 Å². The fraction of sp³-hybridized carbons (Fsp3) is 0.167. The van der Waals surface area contributed by atoms with Crippen molar-refractivity contribution in [1.82, 2.24) is 15.0 Å². The van der Waals surface area contributed by atoms with Crippen molar-refractivity contribution in [1.29, 1.82) is 5.26 Å². The number of hydrogen-bond acceptors (Lipinski definition) is 5. The number of benzene rings is 2. The molecule has 2 aromatic carbocycles. The van der Waals surface area contributed by atoms with Crippen LogP contribution in [0.5, 0.6) is 0 Å². The summed E-state index contributed by atoms with van der Waals surface area (Å²) in [6.07, 6.45) is 0. The molecule has 0 aliphatic carbocycles. The quantitative estimate of drug-likeness (QED) is 0.728. The molecule has 0 atom stereocenters. The highest BCUT2D eigenvalue weighted by molar-refractivity contribution is 6.30. The zero-order valence-corrected chi connectivity index (χ0v) is 13.5. The zero-order chi connectivity index (χ0) is 16.5. The second-order valence-corrected chi connectivity index (χ2v) is 6.16. The summed E-state index contributed by atoms with van der Waals surface area (Å²) in [7, 11) is 0. The lowest BCUT2D eigenvalue weighted by Gasteiger charge is -2.10. The minimum absolute atomic E-state index is 0.530. The summed E-state index contributed by atoms with van der Waals surface area (Å²) < 4.78 is 5.37. The van der Waals surface area contributed by atoms with Gasteiger partial charge >= 0.3 is 0 Å². The Hall–Kier alpha value is -2.68. The molecule has 4 rings (SSSR count). The summed E-state index contributed by atoms with van der Waals surface area (Å²) in [5.74, 6) is 1.08. The van der Waals surface area contributed by atoms with Crippen molar-refractivity contribution in [2.45, 2.75) is 19.6 Å². The largest absolute Gasteiger partial charge is 0.338 e. The molecule has 1 aromatic heterocycles. The van der Waals surface area contributed by atoms with Crippen molar-refractivity contribution in [3.05, 3.63) is 70.1 Å². The first-order valence-corrected chi connectivity index (χ1v) is 7.92. The van der Waals surface area contributed by atoms with Crippen molar-refractivity contribution in [3.63, 3.8) is 0 Å². The SMILES string of the molecule is N#Cc1cccc2c1CN(Cc1nc(-c3cccc(Cl)c3)no1)C2. The van der Waals surface area contributed by atoms with Gasteiger partial charge in [0.2, 0.25) is 11.7 Å². The van der Waals surface area contributed by atoms with E-state index < -0.39 is 0 Å². The Morgan fingerprint density at radius 2 is 2.08 bits per heavy atom. The van der Waals surface area contributed by atoms with Crippen molar-refractivity contribution in [3.8, 4) is 17.5 Å². The minimum Gasteiger partial charge on any atom is -0.338 e. The number of halogens is 1. The highest BCUT2D eigenvalue weighted by atomic mass is 35.5. The molecule has 1 aliphatic rings. The van der Waals surface area contributed by atoms with Gasteiger partial charge in [-0.3, -0.25) is 4.90 Å². The normalized spacial score (nSPS) is 13.7. The topological polar surface area (TPSA) is 66.0 Å². The average Bonchev–Trinajstić information content (AvgIpc) is 3.21. The molecule has 3 aromatic rings. The second kappa shape index (κ2) is 6.08. The van der Waals surface area contributed by atoms with E-state index >= 15 is 0 Å². The van der Waals surface area contributed by atoms with Crippen LogP contribution in [0.25, 0.3) is 11.4 Å². The van der Waals surface area contributed by atoms with E-state index in [0.717, 1.165) is 23.2 Å². The van der Waals surface area contributed by atoms with E-state index in [0.29, 0.717) is 29.8 Å². The molecule has 24 heavy (non-hydrogen) atoms. The zero-order valence-electron chi connectivity index (χ0n) is 12.7. The van der Waals surface area contributed by atoms with Gasteiger partial charge in [0.25, 0.3) is 0 Å². The van der Waals surface area contributed by atoms with Crippen LogP contribution < -0.4 is 0 Å². The summed E-state index contributed by atoms with van der Waals surface area (Å²) in [5, 5.41) is 13.9. The van der Waals surface area contributed by atoms with Gasteiger partial charge in [0.1, 0.15) is 0 Å². The minimum atomic E-state index is 0.530. The standard InChI is InChI=1S/C18H13ClN4O/c19-15-6-2-3-12(7-15)18-21-17(24-22-18)11-23-9-14-5-1-4-13(8-20)16(14)10-23/h1-7H,9-11H2. The second-order valence-electron chi connectivity index (χ2n) is 5.72. The number of nitrogens with zero attached hydrogens (tertiary/aromatic N) is 4. The Kier molecular flexibility index (Phi) is 3.77. The number of rotatable bonds is 3. The maximum Gasteiger partial charge on any atom is 0.241 e. The van der Waals surface area contributed by atoms with Crippen LogP contribution in [0.15, 0.2) is 47.0 Å². The molecular formula is C18H13ClN4O. The molecule has 0 saturated carbocycles. The van der Waals surface area contributed by atoms with Crippen molar-refractivity contribution in [2.75, 3.05) is 0 Å². The summed E-state index contributed by atoms with van der Waals surface area (Å²) >= 11 is 6.00. The molecule has 0 spiro atoms. The molecule has 0 bridgehead atoms. The third kappa shape index (κ3) is 2.78. The Morgan fingerprint density at radius 3 is 2.92 bits per heavy atom. The molecule has 6 heteroatoms. The van der Waals surface area contributed by atoms with E-state index in [1.54, 1.807) is 12.1 Å². The molecule has 118 valence electrons. The first-order valence-electron chi connectivity index (χ1n) is 7.54. The number of aromatic nitrogens is 2. The van der Waals surface area contributed by atoms with Gasteiger partial charge in [-0.15, -0.1) is 0 Å². The lowest BCUT2D eigenvalue weighted by molar-refractivity contribution is 0.231. The van der Waals surface area contributed by atoms with E-state index in [1.165, 1.54) is 5.56 Å². The van der Waals surface area contributed by atoms with Crippen molar-refractivity contribution >= 4 is 11.6 Å². The molecule has 0 fully saturated rings. The molecule has 0 radical (unpaired) electrons. The lowest BCUT2D eigenvalue weighted by Crippen LogP contribution is -2.15. The third-order valence-corrected chi connectivity index (χ3v) is 4.31. The lowest BCUT2D eigenvalue weighted by atomic mass is 10.1. The average molecular weight is 337 g/mol. The van der Waals surface area contributed by atoms with E-state index in [1.807, 2.05) is 24.3 Å². The van der Waals surface area contributed by atoms with Crippen LogP contribution in [0, 0.1) is 11.3 Å². The summed E-state index contributed by atoms with van der Waals surface area (Å²) in [6, 6.07) is 15.4. The number of hydrogen-bond donors (Lipinski definition) is 0. The first-order chi connectivity index (χ1) is 11.7. The van der Waals surface area contributed by atoms with Crippen LogP contribution >= 0.6 is 11.6 Å². The van der Waals surface area contributed by atoms with Gasteiger partial charge in [0, 0.05) is 23.7 Å². The van der Waals surface area contributed by atoms with Gasteiger partial charge in [-0.2, -0.15) is 10.2 Å². The summed E-state index contributed by atoms with van der Waals surface area (Å²) in [4.78, 5) is 6.63. The Balaban J connectivity index is 1.51. The van der Waals surface area contributed by atoms with Crippen molar-refractivity contribution in [2.24, 2.45) is 0 Å². The predicted octanol–water partition coefficient (Wildman–Crippen LogP) is 3.78. The Bertz CT molecular complexity index is 944. The third-order valence-electron chi connectivity index (χ3n) is 4.08. The van der Waals surface area contributed by atoms with Crippen LogP contribution in [0.3, 0.4) is 0 Å². The van der Waals surface area contributed by atoms with Gasteiger partial charge in [0.05, 0.1) is 18.2 Å². The van der Waals surface area contributed by atoms with Crippen LogP contribution in [-0.4, -0.2) is 15.0 Å². The fourth-order valence-corrected chi connectivity index (χ4v) is 3.15. The van der Waals surface area contributed by atoms with Crippen LogP contribution in [0.4, 0.5) is 0 Å². The first kappa shape index (κ1) is 14.9. The van der Waals surface area contributed by atoms with Crippen LogP contribution in [-0.2, 0) is 19.6 Å². The molecule has 0 saturated heterocycles. The van der Waals surface area contributed by atoms with E-state index in [2.05, 4.69) is 27.2 Å². The number of nitriles is 1. The highest BCUT2D eigenvalue weighted by Crippen LogP contribution is 2.27. The molecular weight excluding hydrogens is 324 g/mol. The molecule has 0 N–H and O–H groups in total. The van der Waals surface area contributed by atoms with Gasteiger partial charge in [0.15, 0.2) is 0 Å². The van der Waals surface area contributed by atoms with Crippen LogP contribution in [0.1, 0.15) is 22.6 Å². The van der Waals surface area contributed by atoms with Crippen LogP contribution in [0.2, 0.25) is 5.02 Å². The van der Waals surface area contributed by atoms with Gasteiger partial charge < -0.3 is 4.52 Å². The van der Waals surface area contributed by atoms with Gasteiger partial charge in [-0.1, -0.05) is 41.0 Å². The molecule has 0 unspecified atom stereocenters. The predicted molar refractivity (Wildman–Crippen MR) is 88.9 cm³/mol. The van der Waals surface area contributed by atoms with Gasteiger partial charge in [-0.05, 0) is 29.3 Å². The number of fused-ring (bicyclic) bond motifs is 1. The molecule has 1 aliphatic heterocycles. The van der Waals surface area contributed by atoms with E-state index in [9.17, 15) is 5.26 Å². The summed E-state index contributed by atoms with van der Waals surface area (Å²) in [5.41, 5.74) is 3.84. The maximum absolute atomic E-state index is 9.21. The van der Waals surface area contributed by atoms with Crippen molar-refractivity contribution < 1.29 is 4.52 Å². The molecule has 0 amide bonds. The van der Waals surface area contributed by atoms with Gasteiger partial charge in [-0.25, -0.2) is 0 Å². The highest BCUT2D eigenvalue weighted by Gasteiger charge is 2.23. The fourth-order valence-electron chi connectivity index (χ4n) is 2.96. The van der Waals surface area contributed by atoms with E-state index in [4.69, 9.17) is 16.1 Å². The Morgan fingerprint density at radius 1 is 1.21 bits per heavy atom. The smallest absolute Gasteiger partial charge is 0.241 e. The molecule has 5 nitrogen and oxygen atoms in total. The monoisotopic (exact) mass is 336 g/mol.